The third kappa shape index (κ3) is 4.28. The van der Waals surface area contributed by atoms with Crippen LogP contribution in [0.1, 0.15) is 24.1 Å². The highest BCUT2D eigenvalue weighted by molar-refractivity contribution is 7.80. The SMILES string of the molecule is NC(=S)c1ccc(C(F)(F)F)nc1NCCN1CCCC1. The molecular weight excluding hydrogens is 301 g/mol. The molecule has 1 aliphatic rings. The molecule has 4 nitrogen and oxygen atoms in total. The standard InChI is InChI=1S/C13H17F3N4S/c14-13(15,16)10-4-3-9(11(17)21)12(19-10)18-5-8-20-6-1-2-7-20/h3-4H,1-2,5-8H2,(H2,17,21)(H,18,19). The largest absolute Gasteiger partial charge is 0.433 e. The van der Waals surface area contributed by atoms with Crippen LogP contribution in [0.4, 0.5) is 19.0 Å². The number of nitrogens with two attached hydrogens (primary N) is 1. The van der Waals surface area contributed by atoms with Crippen LogP contribution in [0.15, 0.2) is 12.1 Å². The average Bonchev–Trinajstić information content (AvgIpc) is 2.90. The molecule has 1 aromatic rings. The number of alkyl halides is 3. The lowest BCUT2D eigenvalue weighted by Gasteiger charge is -2.17. The molecule has 21 heavy (non-hydrogen) atoms. The molecule has 8 heteroatoms. The minimum Gasteiger partial charge on any atom is -0.389 e. The molecule has 1 aromatic heterocycles. The second kappa shape index (κ2) is 6.57. The first kappa shape index (κ1) is 16.0. The van der Waals surface area contributed by atoms with Crippen LogP contribution in [0.2, 0.25) is 0 Å². The summed E-state index contributed by atoms with van der Waals surface area (Å²) in [6.45, 7) is 3.32. The normalized spacial score (nSPS) is 16.1. The van der Waals surface area contributed by atoms with Gasteiger partial charge in [-0.25, -0.2) is 4.98 Å². The molecule has 116 valence electrons. The summed E-state index contributed by atoms with van der Waals surface area (Å²) < 4.78 is 38.1. The van der Waals surface area contributed by atoms with Crippen molar-refractivity contribution in [3.63, 3.8) is 0 Å². The number of aromatic nitrogens is 1. The summed E-state index contributed by atoms with van der Waals surface area (Å²) in [5.74, 6) is 0.0940. The third-order valence-corrected chi connectivity index (χ3v) is 3.59. The van der Waals surface area contributed by atoms with Gasteiger partial charge in [0.15, 0.2) is 0 Å². The van der Waals surface area contributed by atoms with Crippen LogP contribution in [0.5, 0.6) is 0 Å². The number of rotatable bonds is 5. The Morgan fingerprint density at radius 3 is 2.57 bits per heavy atom. The molecule has 0 bridgehead atoms. The van der Waals surface area contributed by atoms with E-state index >= 15 is 0 Å². The lowest BCUT2D eigenvalue weighted by molar-refractivity contribution is -0.141. The summed E-state index contributed by atoms with van der Waals surface area (Å²) >= 11 is 4.85. The summed E-state index contributed by atoms with van der Waals surface area (Å²) in [5, 5.41) is 2.91. The molecule has 0 aromatic carbocycles. The quantitative estimate of drug-likeness (QED) is 0.816. The van der Waals surface area contributed by atoms with Gasteiger partial charge in [-0.05, 0) is 38.1 Å². The molecular formula is C13H17F3N4S. The van der Waals surface area contributed by atoms with E-state index in [-0.39, 0.29) is 10.8 Å². The maximum absolute atomic E-state index is 12.7. The Morgan fingerprint density at radius 2 is 2.00 bits per heavy atom. The van der Waals surface area contributed by atoms with Crippen molar-refractivity contribution in [2.45, 2.75) is 19.0 Å². The van der Waals surface area contributed by atoms with Crippen molar-refractivity contribution in [1.82, 2.24) is 9.88 Å². The number of pyridine rings is 1. The van der Waals surface area contributed by atoms with Gasteiger partial charge in [0.2, 0.25) is 0 Å². The summed E-state index contributed by atoms with van der Waals surface area (Å²) in [5.41, 5.74) is 4.91. The zero-order valence-corrected chi connectivity index (χ0v) is 12.2. The molecule has 0 aliphatic carbocycles. The molecule has 2 heterocycles. The average molecular weight is 318 g/mol. The molecule has 0 saturated carbocycles. The second-order valence-electron chi connectivity index (χ2n) is 4.93. The number of nitrogens with zero attached hydrogens (tertiary/aromatic N) is 2. The summed E-state index contributed by atoms with van der Waals surface area (Å²) in [6, 6.07) is 2.15. The predicted molar refractivity (Wildman–Crippen MR) is 79.3 cm³/mol. The number of likely N-dealkylation sites (tertiary alicyclic amines) is 1. The maximum atomic E-state index is 12.7. The highest BCUT2D eigenvalue weighted by Crippen LogP contribution is 2.29. The van der Waals surface area contributed by atoms with Crippen LogP contribution in [-0.2, 0) is 6.18 Å². The van der Waals surface area contributed by atoms with E-state index in [1.807, 2.05) is 0 Å². The number of anilines is 1. The Kier molecular flexibility index (Phi) is 5.00. The van der Waals surface area contributed by atoms with Gasteiger partial charge in [-0.15, -0.1) is 0 Å². The molecule has 1 aliphatic heterocycles. The van der Waals surface area contributed by atoms with E-state index in [0.29, 0.717) is 12.1 Å². The van der Waals surface area contributed by atoms with E-state index in [9.17, 15) is 13.2 Å². The monoisotopic (exact) mass is 318 g/mol. The van der Waals surface area contributed by atoms with Gasteiger partial charge < -0.3 is 16.0 Å². The van der Waals surface area contributed by atoms with Crippen molar-refractivity contribution in [1.29, 1.82) is 0 Å². The van der Waals surface area contributed by atoms with Gasteiger partial charge in [-0.1, -0.05) is 12.2 Å². The highest BCUT2D eigenvalue weighted by Gasteiger charge is 2.33. The van der Waals surface area contributed by atoms with Crippen molar-refractivity contribution in [2.24, 2.45) is 5.73 Å². The van der Waals surface area contributed by atoms with Crippen LogP contribution in [-0.4, -0.2) is 41.1 Å². The molecule has 0 spiro atoms. The Bertz CT molecular complexity index is 513. The number of hydrogen-bond donors (Lipinski definition) is 2. The van der Waals surface area contributed by atoms with Gasteiger partial charge in [0.05, 0.1) is 5.56 Å². The first-order chi connectivity index (χ1) is 9.88. The summed E-state index contributed by atoms with van der Waals surface area (Å²) in [7, 11) is 0. The zero-order chi connectivity index (χ0) is 15.5. The molecule has 1 saturated heterocycles. The van der Waals surface area contributed by atoms with Gasteiger partial charge >= 0.3 is 6.18 Å². The van der Waals surface area contributed by atoms with E-state index in [0.717, 1.165) is 25.7 Å². The Balaban J connectivity index is 2.08. The van der Waals surface area contributed by atoms with Gasteiger partial charge in [0, 0.05) is 13.1 Å². The predicted octanol–water partition coefficient (Wildman–Crippen LogP) is 2.24. The lowest BCUT2D eigenvalue weighted by Crippen LogP contribution is -2.27. The van der Waals surface area contributed by atoms with E-state index in [1.54, 1.807) is 0 Å². The molecule has 0 amide bonds. The Labute approximate surface area is 126 Å². The zero-order valence-electron chi connectivity index (χ0n) is 11.4. The second-order valence-corrected chi connectivity index (χ2v) is 5.37. The minimum atomic E-state index is -4.49. The number of thiocarbonyl (C=S) groups is 1. The Morgan fingerprint density at radius 1 is 1.33 bits per heavy atom. The van der Waals surface area contributed by atoms with Crippen LogP contribution >= 0.6 is 12.2 Å². The van der Waals surface area contributed by atoms with Gasteiger partial charge in [0.1, 0.15) is 16.5 Å². The fraction of sp³-hybridized carbons (Fsp3) is 0.538. The smallest absolute Gasteiger partial charge is 0.389 e. The van der Waals surface area contributed by atoms with Gasteiger partial charge in [-0.3, -0.25) is 0 Å². The van der Waals surface area contributed by atoms with Crippen LogP contribution in [0.3, 0.4) is 0 Å². The van der Waals surface area contributed by atoms with Crippen LogP contribution < -0.4 is 11.1 Å². The van der Waals surface area contributed by atoms with Gasteiger partial charge in [-0.2, -0.15) is 13.2 Å². The number of hydrogen-bond acceptors (Lipinski definition) is 4. The van der Waals surface area contributed by atoms with Crippen LogP contribution in [0, 0.1) is 0 Å². The molecule has 0 atom stereocenters. The van der Waals surface area contributed by atoms with Gasteiger partial charge in [0.25, 0.3) is 0 Å². The Hall–Kier alpha value is -1.41. The molecule has 0 unspecified atom stereocenters. The maximum Gasteiger partial charge on any atom is 0.433 e. The van der Waals surface area contributed by atoms with Crippen molar-refractivity contribution < 1.29 is 13.2 Å². The van der Waals surface area contributed by atoms with E-state index in [4.69, 9.17) is 18.0 Å². The highest BCUT2D eigenvalue weighted by atomic mass is 32.1. The first-order valence-electron chi connectivity index (χ1n) is 6.72. The molecule has 3 N–H and O–H groups in total. The summed E-state index contributed by atoms with van der Waals surface area (Å²) in [4.78, 5) is 5.89. The molecule has 0 radical (unpaired) electrons. The van der Waals surface area contributed by atoms with E-state index in [2.05, 4.69) is 15.2 Å². The fourth-order valence-corrected chi connectivity index (χ4v) is 2.45. The minimum absolute atomic E-state index is 0.0277. The first-order valence-corrected chi connectivity index (χ1v) is 7.13. The van der Waals surface area contributed by atoms with Crippen molar-refractivity contribution in [3.05, 3.63) is 23.4 Å². The van der Waals surface area contributed by atoms with Crippen molar-refractivity contribution >= 4 is 23.0 Å². The lowest BCUT2D eigenvalue weighted by atomic mass is 10.2. The molecule has 1 fully saturated rings. The van der Waals surface area contributed by atoms with Crippen molar-refractivity contribution in [2.75, 3.05) is 31.5 Å². The number of halogens is 3. The fourth-order valence-electron chi connectivity index (χ4n) is 2.29. The third-order valence-electron chi connectivity index (χ3n) is 3.37. The van der Waals surface area contributed by atoms with Crippen LogP contribution in [0.25, 0.3) is 0 Å². The summed E-state index contributed by atoms with van der Waals surface area (Å²) in [6.07, 6.45) is -2.15. The topological polar surface area (TPSA) is 54.2 Å². The van der Waals surface area contributed by atoms with Crippen molar-refractivity contribution in [3.8, 4) is 0 Å². The van der Waals surface area contributed by atoms with E-state index < -0.39 is 11.9 Å². The van der Waals surface area contributed by atoms with E-state index in [1.165, 1.54) is 18.9 Å². The number of nitrogens with one attached hydrogen (secondary N) is 1. The molecule has 2 rings (SSSR count).